The van der Waals surface area contributed by atoms with Gasteiger partial charge in [0.05, 0.1) is 19.8 Å². The maximum atomic E-state index is 5.61. The van der Waals surface area contributed by atoms with Crippen molar-refractivity contribution < 1.29 is 18.9 Å². The minimum atomic E-state index is 0.199. The molecular formula is C16H24O4. The van der Waals surface area contributed by atoms with E-state index >= 15 is 0 Å². The van der Waals surface area contributed by atoms with Gasteiger partial charge in [0.2, 0.25) is 0 Å². The summed E-state index contributed by atoms with van der Waals surface area (Å²) in [7, 11) is 0. The third-order valence-electron chi connectivity index (χ3n) is 2.69. The lowest BCUT2D eigenvalue weighted by atomic mass is 9.99. The molecule has 0 amide bonds. The van der Waals surface area contributed by atoms with Gasteiger partial charge in [-0.3, -0.25) is 0 Å². The number of rotatable bonds is 8. The molecule has 1 aliphatic rings. The second-order valence-electron chi connectivity index (χ2n) is 6.20. The van der Waals surface area contributed by atoms with Crippen LogP contribution >= 0.6 is 0 Å². The molecule has 1 aliphatic heterocycles. The lowest BCUT2D eigenvalue weighted by Gasteiger charge is -2.18. The molecule has 1 aromatic carbocycles. The molecule has 0 saturated carbocycles. The monoisotopic (exact) mass is 280 g/mol. The molecule has 1 saturated heterocycles. The maximum absolute atomic E-state index is 5.61. The van der Waals surface area contributed by atoms with Gasteiger partial charge in [-0.2, -0.15) is 0 Å². The van der Waals surface area contributed by atoms with E-state index < -0.39 is 0 Å². The van der Waals surface area contributed by atoms with Gasteiger partial charge in [0, 0.05) is 0 Å². The molecule has 0 bridgehead atoms. The molecule has 1 aromatic rings. The van der Waals surface area contributed by atoms with Gasteiger partial charge in [-0.25, -0.2) is 0 Å². The van der Waals surface area contributed by atoms with Gasteiger partial charge in [0.25, 0.3) is 0 Å². The summed E-state index contributed by atoms with van der Waals surface area (Å²) in [6, 6.07) is 7.64. The van der Waals surface area contributed by atoms with Gasteiger partial charge < -0.3 is 18.9 Å². The molecule has 0 radical (unpaired) electrons. The van der Waals surface area contributed by atoms with Crippen molar-refractivity contribution in [2.45, 2.75) is 26.9 Å². The Balaban J connectivity index is 1.60. The summed E-state index contributed by atoms with van der Waals surface area (Å²) >= 11 is 0. The molecule has 2 rings (SSSR count). The smallest absolute Gasteiger partial charge is 0.119 e. The molecule has 0 aliphatic carbocycles. The summed E-state index contributed by atoms with van der Waals surface area (Å²) in [5, 5.41) is 0. The number of benzene rings is 1. The lowest BCUT2D eigenvalue weighted by Crippen LogP contribution is -2.17. The topological polar surface area (TPSA) is 40.2 Å². The third-order valence-corrected chi connectivity index (χ3v) is 2.69. The Kier molecular flexibility index (Phi) is 5.26. The molecular weight excluding hydrogens is 256 g/mol. The van der Waals surface area contributed by atoms with Crippen molar-refractivity contribution in [3.63, 3.8) is 0 Å². The summed E-state index contributed by atoms with van der Waals surface area (Å²) in [6.45, 7) is 9.81. The average molecular weight is 280 g/mol. The standard InChI is InChI=1S/C16H24O4/c1-16(2,3)12-17-8-9-18-13-4-6-14(7-5-13)19-10-15-11-20-15/h4-7,15H,8-12H2,1-3H3. The van der Waals surface area contributed by atoms with Crippen molar-refractivity contribution in [3.05, 3.63) is 24.3 Å². The van der Waals surface area contributed by atoms with E-state index in [4.69, 9.17) is 18.9 Å². The zero-order valence-electron chi connectivity index (χ0n) is 12.6. The van der Waals surface area contributed by atoms with Gasteiger partial charge in [-0.1, -0.05) is 20.8 Å². The van der Waals surface area contributed by atoms with E-state index in [-0.39, 0.29) is 11.5 Å². The van der Waals surface area contributed by atoms with Crippen molar-refractivity contribution >= 4 is 0 Å². The van der Waals surface area contributed by atoms with E-state index in [2.05, 4.69) is 20.8 Å². The summed E-state index contributed by atoms with van der Waals surface area (Å²) < 4.78 is 21.8. The van der Waals surface area contributed by atoms with Crippen LogP contribution in [0.3, 0.4) is 0 Å². The van der Waals surface area contributed by atoms with Crippen LogP contribution in [0.5, 0.6) is 11.5 Å². The predicted octanol–water partition coefficient (Wildman–Crippen LogP) is 2.91. The fourth-order valence-electron chi connectivity index (χ4n) is 1.58. The van der Waals surface area contributed by atoms with Crippen molar-refractivity contribution in [2.24, 2.45) is 5.41 Å². The highest BCUT2D eigenvalue weighted by atomic mass is 16.6. The predicted molar refractivity (Wildman–Crippen MR) is 77.4 cm³/mol. The van der Waals surface area contributed by atoms with Crippen LogP contribution in [0.4, 0.5) is 0 Å². The molecule has 1 fully saturated rings. The van der Waals surface area contributed by atoms with E-state index in [1.807, 2.05) is 24.3 Å². The Morgan fingerprint density at radius 3 is 2.20 bits per heavy atom. The van der Waals surface area contributed by atoms with Gasteiger partial charge in [-0.05, 0) is 29.7 Å². The van der Waals surface area contributed by atoms with E-state index in [0.717, 1.165) is 24.7 Å². The Hall–Kier alpha value is -1.26. The van der Waals surface area contributed by atoms with Crippen molar-refractivity contribution in [3.8, 4) is 11.5 Å². The average Bonchev–Trinajstić information content (AvgIpc) is 3.20. The van der Waals surface area contributed by atoms with Crippen LogP contribution in [-0.2, 0) is 9.47 Å². The Morgan fingerprint density at radius 2 is 1.65 bits per heavy atom. The number of hydrogen-bond donors (Lipinski definition) is 0. The molecule has 1 unspecified atom stereocenters. The van der Waals surface area contributed by atoms with Gasteiger partial charge >= 0.3 is 0 Å². The summed E-state index contributed by atoms with van der Waals surface area (Å²) in [5.41, 5.74) is 0.199. The summed E-state index contributed by atoms with van der Waals surface area (Å²) in [5.74, 6) is 1.68. The molecule has 4 nitrogen and oxygen atoms in total. The van der Waals surface area contributed by atoms with E-state index in [1.54, 1.807) is 0 Å². The van der Waals surface area contributed by atoms with Crippen LogP contribution in [0.1, 0.15) is 20.8 Å². The van der Waals surface area contributed by atoms with E-state index in [0.29, 0.717) is 19.8 Å². The summed E-state index contributed by atoms with van der Waals surface area (Å²) in [6.07, 6.45) is 0.283. The van der Waals surface area contributed by atoms with Gasteiger partial charge in [0.15, 0.2) is 0 Å². The second kappa shape index (κ2) is 6.95. The Morgan fingerprint density at radius 1 is 1.05 bits per heavy atom. The van der Waals surface area contributed by atoms with Crippen LogP contribution in [0.2, 0.25) is 0 Å². The highest BCUT2D eigenvalue weighted by Crippen LogP contribution is 2.19. The summed E-state index contributed by atoms with van der Waals surface area (Å²) in [4.78, 5) is 0. The SMILES string of the molecule is CC(C)(C)COCCOc1ccc(OCC2CO2)cc1. The van der Waals surface area contributed by atoms with Crippen molar-refractivity contribution in [1.82, 2.24) is 0 Å². The third kappa shape index (κ3) is 6.26. The minimum absolute atomic E-state index is 0.199. The fourth-order valence-corrected chi connectivity index (χ4v) is 1.58. The van der Waals surface area contributed by atoms with Gasteiger partial charge in [0.1, 0.15) is 30.8 Å². The quantitative estimate of drug-likeness (QED) is 0.542. The van der Waals surface area contributed by atoms with Crippen LogP contribution in [-0.4, -0.2) is 39.1 Å². The zero-order valence-corrected chi connectivity index (χ0v) is 12.6. The van der Waals surface area contributed by atoms with Crippen LogP contribution in [0.25, 0.3) is 0 Å². The number of hydrogen-bond acceptors (Lipinski definition) is 4. The van der Waals surface area contributed by atoms with E-state index in [9.17, 15) is 0 Å². The first kappa shape index (κ1) is 15.1. The highest BCUT2D eigenvalue weighted by Gasteiger charge is 2.22. The second-order valence-corrected chi connectivity index (χ2v) is 6.20. The number of ether oxygens (including phenoxy) is 4. The molecule has 0 aromatic heterocycles. The highest BCUT2D eigenvalue weighted by molar-refractivity contribution is 5.31. The molecule has 1 atom stereocenters. The van der Waals surface area contributed by atoms with Crippen LogP contribution in [0, 0.1) is 5.41 Å². The molecule has 0 N–H and O–H groups in total. The largest absolute Gasteiger partial charge is 0.491 e. The molecule has 1 heterocycles. The molecule has 0 spiro atoms. The molecule has 112 valence electrons. The van der Waals surface area contributed by atoms with Crippen LogP contribution < -0.4 is 9.47 Å². The van der Waals surface area contributed by atoms with Crippen molar-refractivity contribution in [1.29, 1.82) is 0 Å². The lowest BCUT2D eigenvalue weighted by molar-refractivity contribution is 0.0514. The normalized spacial score (nSPS) is 17.9. The fraction of sp³-hybridized carbons (Fsp3) is 0.625. The first-order valence-corrected chi connectivity index (χ1v) is 7.08. The van der Waals surface area contributed by atoms with Crippen molar-refractivity contribution in [2.75, 3.05) is 33.0 Å². The molecule has 4 heteroatoms. The molecule has 20 heavy (non-hydrogen) atoms. The first-order chi connectivity index (χ1) is 9.53. The zero-order chi connectivity index (χ0) is 14.4. The minimum Gasteiger partial charge on any atom is -0.491 e. The Labute approximate surface area is 121 Å². The number of epoxide rings is 1. The van der Waals surface area contributed by atoms with Gasteiger partial charge in [-0.15, -0.1) is 0 Å². The Bertz CT molecular complexity index is 390. The first-order valence-electron chi connectivity index (χ1n) is 7.08. The van der Waals surface area contributed by atoms with Crippen LogP contribution in [0.15, 0.2) is 24.3 Å². The maximum Gasteiger partial charge on any atom is 0.119 e. The van der Waals surface area contributed by atoms with E-state index in [1.165, 1.54) is 0 Å².